The van der Waals surface area contributed by atoms with Crippen molar-refractivity contribution in [2.24, 2.45) is 0 Å². The van der Waals surface area contributed by atoms with Crippen molar-refractivity contribution in [3.8, 4) is 0 Å². The summed E-state index contributed by atoms with van der Waals surface area (Å²) < 4.78 is 9.95. The van der Waals surface area contributed by atoms with Crippen molar-refractivity contribution in [3.63, 3.8) is 0 Å². The molecule has 5 nitrogen and oxygen atoms in total. The molecule has 6 heteroatoms. The summed E-state index contributed by atoms with van der Waals surface area (Å²) in [4.78, 5) is 26.2. The van der Waals surface area contributed by atoms with E-state index >= 15 is 0 Å². The lowest BCUT2D eigenvalue weighted by Gasteiger charge is -2.33. The Hall–Kier alpha value is -1.40. The van der Waals surface area contributed by atoms with Crippen LogP contribution in [0.15, 0.2) is 11.4 Å². The number of rotatable bonds is 2. The number of hydrogen-bond donors (Lipinski definition) is 0. The fraction of sp³-hybridized carbons (Fsp3) is 0.500. The van der Waals surface area contributed by atoms with E-state index < -0.39 is 12.0 Å². The van der Waals surface area contributed by atoms with Crippen LogP contribution in [0, 0.1) is 6.92 Å². The number of methoxy groups -OCH3 is 1. The molecule has 1 fully saturated rings. The topological polar surface area (TPSA) is 55.8 Å². The number of thiophene rings is 1. The van der Waals surface area contributed by atoms with Crippen LogP contribution in [-0.4, -0.2) is 49.7 Å². The van der Waals surface area contributed by atoms with Gasteiger partial charge < -0.3 is 14.4 Å². The van der Waals surface area contributed by atoms with Crippen LogP contribution in [0.2, 0.25) is 0 Å². The molecule has 0 radical (unpaired) electrons. The first kappa shape index (κ1) is 13.0. The van der Waals surface area contributed by atoms with Crippen LogP contribution in [0.3, 0.4) is 0 Å². The molecule has 18 heavy (non-hydrogen) atoms. The van der Waals surface area contributed by atoms with Crippen molar-refractivity contribution in [2.75, 3.05) is 26.9 Å². The van der Waals surface area contributed by atoms with Gasteiger partial charge >= 0.3 is 5.97 Å². The summed E-state index contributed by atoms with van der Waals surface area (Å²) in [5.74, 6) is -0.557. The molecule has 0 saturated carbocycles. The summed E-state index contributed by atoms with van der Waals surface area (Å²) in [6.45, 7) is 2.94. The minimum atomic E-state index is -0.641. The molecule has 0 bridgehead atoms. The zero-order valence-corrected chi connectivity index (χ0v) is 11.2. The Kier molecular flexibility index (Phi) is 3.98. The van der Waals surface area contributed by atoms with Gasteiger partial charge in [-0.1, -0.05) is 0 Å². The smallest absolute Gasteiger partial charge is 0.331 e. The van der Waals surface area contributed by atoms with Gasteiger partial charge in [0.15, 0.2) is 6.04 Å². The third kappa shape index (κ3) is 2.39. The van der Waals surface area contributed by atoms with E-state index in [1.165, 1.54) is 23.3 Å². The van der Waals surface area contributed by atoms with Crippen LogP contribution in [0.5, 0.6) is 0 Å². The van der Waals surface area contributed by atoms with Crippen molar-refractivity contribution in [1.82, 2.24) is 4.90 Å². The van der Waals surface area contributed by atoms with Crippen LogP contribution >= 0.6 is 11.3 Å². The standard InChI is InChI=1S/C12H15NO4S/c1-8-3-6-18-10(8)11(14)13-4-5-17-7-9(13)12(15)16-2/h3,6,9H,4-5,7H2,1-2H3. The second-order valence-electron chi connectivity index (χ2n) is 4.05. The SMILES string of the molecule is COC(=O)C1COCCN1C(=O)c1sccc1C. The van der Waals surface area contributed by atoms with E-state index in [9.17, 15) is 9.59 Å². The van der Waals surface area contributed by atoms with Gasteiger partial charge in [-0.05, 0) is 23.9 Å². The van der Waals surface area contributed by atoms with Gasteiger partial charge in [0, 0.05) is 6.54 Å². The number of aryl methyl sites for hydroxylation is 1. The number of hydrogen-bond acceptors (Lipinski definition) is 5. The Bertz CT molecular complexity index is 457. The number of amides is 1. The van der Waals surface area contributed by atoms with E-state index in [0.717, 1.165) is 5.56 Å². The Balaban J connectivity index is 2.21. The molecule has 0 aromatic carbocycles. The van der Waals surface area contributed by atoms with E-state index in [-0.39, 0.29) is 12.5 Å². The third-order valence-electron chi connectivity index (χ3n) is 2.92. The zero-order valence-electron chi connectivity index (χ0n) is 10.3. The molecule has 2 heterocycles. The van der Waals surface area contributed by atoms with Crippen LogP contribution in [0.25, 0.3) is 0 Å². The highest BCUT2D eigenvalue weighted by molar-refractivity contribution is 7.12. The van der Waals surface area contributed by atoms with Gasteiger partial charge in [-0.25, -0.2) is 4.79 Å². The molecule has 1 aromatic heterocycles. The summed E-state index contributed by atoms with van der Waals surface area (Å²) in [5, 5.41) is 1.87. The molecule has 0 aliphatic carbocycles. The van der Waals surface area contributed by atoms with E-state index in [0.29, 0.717) is 18.0 Å². The van der Waals surface area contributed by atoms with Gasteiger partial charge in [0.25, 0.3) is 5.91 Å². The Morgan fingerprint density at radius 2 is 2.33 bits per heavy atom. The molecule has 1 aliphatic rings. The molecule has 2 rings (SSSR count). The van der Waals surface area contributed by atoms with Crippen molar-refractivity contribution in [3.05, 3.63) is 21.9 Å². The Morgan fingerprint density at radius 3 is 2.94 bits per heavy atom. The molecule has 0 spiro atoms. The molecule has 1 unspecified atom stereocenters. The maximum atomic E-state index is 12.4. The molecule has 1 aliphatic heterocycles. The molecule has 1 amide bonds. The van der Waals surface area contributed by atoms with Crippen molar-refractivity contribution >= 4 is 23.2 Å². The second kappa shape index (κ2) is 5.49. The third-order valence-corrected chi connectivity index (χ3v) is 3.92. The average molecular weight is 269 g/mol. The highest BCUT2D eigenvalue weighted by atomic mass is 32.1. The molecule has 1 aromatic rings. The second-order valence-corrected chi connectivity index (χ2v) is 4.96. The average Bonchev–Trinajstić information content (AvgIpc) is 2.83. The van der Waals surface area contributed by atoms with Crippen LogP contribution in [-0.2, 0) is 14.3 Å². The summed E-state index contributed by atoms with van der Waals surface area (Å²) >= 11 is 1.39. The molecule has 0 N–H and O–H groups in total. The molecule has 98 valence electrons. The minimum Gasteiger partial charge on any atom is -0.467 e. The summed E-state index contributed by atoms with van der Waals surface area (Å²) in [7, 11) is 1.32. The predicted molar refractivity (Wildman–Crippen MR) is 66.7 cm³/mol. The minimum absolute atomic E-state index is 0.124. The summed E-state index contributed by atoms with van der Waals surface area (Å²) in [6, 6.07) is 1.25. The quantitative estimate of drug-likeness (QED) is 0.754. The number of morpholine rings is 1. The fourth-order valence-corrected chi connectivity index (χ4v) is 2.78. The first-order valence-corrected chi connectivity index (χ1v) is 6.53. The number of carbonyl (C=O) groups is 2. The van der Waals surface area contributed by atoms with Gasteiger partial charge in [0.1, 0.15) is 0 Å². The molecule has 1 atom stereocenters. The van der Waals surface area contributed by atoms with Crippen LogP contribution < -0.4 is 0 Å². The number of nitrogens with zero attached hydrogens (tertiary/aromatic N) is 1. The van der Waals surface area contributed by atoms with Gasteiger partial charge in [0.2, 0.25) is 0 Å². The van der Waals surface area contributed by atoms with Crippen LogP contribution in [0.1, 0.15) is 15.2 Å². The van der Waals surface area contributed by atoms with Crippen molar-refractivity contribution < 1.29 is 19.1 Å². The van der Waals surface area contributed by atoms with Gasteiger partial charge in [-0.3, -0.25) is 4.79 Å². The highest BCUT2D eigenvalue weighted by Crippen LogP contribution is 2.20. The summed E-state index contributed by atoms with van der Waals surface area (Å²) in [5.41, 5.74) is 0.931. The number of ether oxygens (including phenoxy) is 2. The fourth-order valence-electron chi connectivity index (χ4n) is 1.90. The lowest BCUT2D eigenvalue weighted by Crippen LogP contribution is -2.52. The summed E-state index contributed by atoms with van der Waals surface area (Å²) in [6.07, 6.45) is 0. The maximum Gasteiger partial charge on any atom is 0.331 e. The molecular formula is C12H15NO4S. The van der Waals surface area contributed by atoms with E-state index in [4.69, 9.17) is 9.47 Å². The Labute approximate surface area is 109 Å². The number of esters is 1. The Morgan fingerprint density at radius 1 is 1.56 bits per heavy atom. The molecular weight excluding hydrogens is 254 g/mol. The first-order chi connectivity index (χ1) is 8.65. The monoisotopic (exact) mass is 269 g/mol. The largest absolute Gasteiger partial charge is 0.467 e. The van der Waals surface area contributed by atoms with Gasteiger partial charge in [-0.2, -0.15) is 0 Å². The van der Waals surface area contributed by atoms with E-state index in [1.807, 2.05) is 18.4 Å². The lowest BCUT2D eigenvalue weighted by molar-refractivity contribution is -0.151. The lowest BCUT2D eigenvalue weighted by atomic mass is 10.2. The maximum absolute atomic E-state index is 12.4. The van der Waals surface area contributed by atoms with Gasteiger partial charge in [0.05, 0.1) is 25.2 Å². The normalized spacial score (nSPS) is 19.7. The highest BCUT2D eigenvalue weighted by Gasteiger charge is 2.34. The number of carbonyl (C=O) groups excluding carboxylic acids is 2. The van der Waals surface area contributed by atoms with Gasteiger partial charge in [-0.15, -0.1) is 11.3 Å². The van der Waals surface area contributed by atoms with Crippen LogP contribution in [0.4, 0.5) is 0 Å². The zero-order chi connectivity index (χ0) is 13.1. The van der Waals surface area contributed by atoms with Crippen molar-refractivity contribution in [1.29, 1.82) is 0 Å². The molecule has 1 saturated heterocycles. The van der Waals surface area contributed by atoms with E-state index in [2.05, 4.69) is 0 Å². The predicted octanol–water partition coefficient (Wildman–Crippen LogP) is 1.07. The van der Waals surface area contributed by atoms with Crippen molar-refractivity contribution in [2.45, 2.75) is 13.0 Å². The van der Waals surface area contributed by atoms with E-state index in [1.54, 1.807) is 0 Å². The first-order valence-electron chi connectivity index (χ1n) is 5.65.